The molecule has 0 unspecified atom stereocenters. The lowest BCUT2D eigenvalue weighted by atomic mass is 10.1. The van der Waals surface area contributed by atoms with Crippen LogP contribution in [0, 0.1) is 0 Å². The molecular weight excluding hydrogens is 292 g/mol. The Balaban J connectivity index is 1.82. The Morgan fingerprint density at radius 3 is 2.70 bits per heavy atom. The van der Waals surface area contributed by atoms with Crippen molar-refractivity contribution in [2.45, 2.75) is 24.3 Å². The molecule has 1 aromatic rings. The molecule has 106 valence electrons. The van der Waals surface area contributed by atoms with Crippen molar-refractivity contribution in [1.82, 2.24) is 4.90 Å². The van der Waals surface area contributed by atoms with Crippen LogP contribution >= 0.6 is 11.8 Å². The summed E-state index contributed by atoms with van der Waals surface area (Å²) in [5.74, 6) is 0.0269. The monoisotopic (exact) mass is 308 g/mol. The minimum atomic E-state index is -3.30. The van der Waals surface area contributed by atoms with Gasteiger partial charge in [0.2, 0.25) is 0 Å². The molecule has 0 atom stereocenters. The van der Waals surface area contributed by atoms with Crippen LogP contribution in [0.4, 0.5) is 0 Å². The summed E-state index contributed by atoms with van der Waals surface area (Å²) in [6.45, 7) is 4.86. The third-order valence-corrected chi connectivity index (χ3v) is 5.84. The zero-order valence-electron chi connectivity index (χ0n) is 11.4. The maximum atomic E-state index is 12.4. The van der Waals surface area contributed by atoms with Crippen LogP contribution < -0.4 is 0 Å². The summed E-state index contributed by atoms with van der Waals surface area (Å²) >= 11 is 1.51. The molecule has 20 heavy (non-hydrogen) atoms. The van der Waals surface area contributed by atoms with Gasteiger partial charge in [0.05, 0.1) is 16.2 Å². The lowest BCUT2D eigenvalue weighted by molar-refractivity contribution is 0.435. The van der Waals surface area contributed by atoms with E-state index >= 15 is 0 Å². The Hall–Kier alpha value is -1.27. The van der Waals surface area contributed by atoms with E-state index in [2.05, 4.69) is 18.8 Å². The number of hydrogen-bond acceptors (Lipinski definition) is 5. The Bertz CT molecular complexity index is 691. The maximum absolute atomic E-state index is 12.4. The van der Waals surface area contributed by atoms with Crippen LogP contribution in [0.5, 0.6) is 0 Å². The molecule has 0 fully saturated rings. The van der Waals surface area contributed by atoms with E-state index in [0.717, 1.165) is 17.4 Å². The van der Waals surface area contributed by atoms with E-state index in [1.807, 2.05) is 16.4 Å². The molecule has 0 aliphatic carbocycles. The van der Waals surface area contributed by atoms with Gasteiger partial charge >= 0.3 is 0 Å². The van der Waals surface area contributed by atoms with Gasteiger partial charge in [-0.3, -0.25) is 4.99 Å². The van der Waals surface area contributed by atoms with Crippen LogP contribution in [0.2, 0.25) is 0 Å². The number of fused-ring (bicyclic) bond motifs is 1. The maximum Gasteiger partial charge on any atom is 0.184 e. The van der Waals surface area contributed by atoms with Crippen molar-refractivity contribution >= 4 is 26.8 Å². The van der Waals surface area contributed by atoms with Gasteiger partial charge in [-0.05, 0) is 31.4 Å². The Labute approximate surface area is 123 Å². The van der Waals surface area contributed by atoms with Gasteiger partial charge in [0.15, 0.2) is 15.0 Å². The zero-order valence-corrected chi connectivity index (χ0v) is 13.0. The van der Waals surface area contributed by atoms with Gasteiger partial charge in [0.1, 0.15) is 0 Å². The van der Waals surface area contributed by atoms with E-state index in [1.54, 1.807) is 24.3 Å². The van der Waals surface area contributed by atoms with E-state index in [-0.39, 0.29) is 11.3 Å². The molecule has 0 spiro atoms. The van der Waals surface area contributed by atoms with Crippen molar-refractivity contribution in [3.8, 4) is 0 Å². The second-order valence-electron chi connectivity index (χ2n) is 5.59. The molecule has 3 rings (SSSR count). The summed E-state index contributed by atoms with van der Waals surface area (Å²) in [6.07, 6.45) is 0. The lowest BCUT2D eigenvalue weighted by Crippen LogP contribution is -2.31. The molecule has 0 radical (unpaired) electrons. The lowest BCUT2D eigenvalue weighted by Gasteiger charge is -2.20. The van der Waals surface area contributed by atoms with Crippen LogP contribution in [0.3, 0.4) is 0 Å². The minimum absolute atomic E-state index is 0.0269. The largest absolute Gasteiger partial charge is 0.321 e. The molecular formula is C14H16N2O2S2. The van der Waals surface area contributed by atoms with Crippen molar-refractivity contribution < 1.29 is 8.42 Å². The first-order valence-electron chi connectivity index (χ1n) is 6.38. The van der Waals surface area contributed by atoms with Crippen molar-refractivity contribution in [2.75, 3.05) is 12.3 Å². The van der Waals surface area contributed by atoms with E-state index in [0.29, 0.717) is 4.90 Å². The van der Waals surface area contributed by atoms with Gasteiger partial charge in [0.25, 0.3) is 0 Å². The molecule has 1 aromatic carbocycles. The number of aliphatic imine (C=N–C) groups is 1. The summed E-state index contributed by atoms with van der Waals surface area (Å²) in [5.41, 5.74) is 0.682. The number of amidine groups is 1. The normalized spacial score (nSPS) is 20.6. The Kier molecular flexibility index (Phi) is 3.17. The third kappa shape index (κ3) is 2.50. The molecule has 2 aliphatic rings. The van der Waals surface area contributed by atoms with Crippen molar-refractivity contribution in [3.05, 3.63) is 41.4 Å². The van der Waals surface area contributed by atoms with E-state index in [1.165, 1.54) is 11.8 Å². The quantitative estimate of drug-likeness (QED) is 0.861. The molecule has 4 nitrogen and oxygen atoms in total. The summed E-state index contributed by atoms with van der Waals surface area (Å²) in [6, 6.07) is 8.59. The summed E-state index contributed by atoms with van der Waals surface area (Å²) in [7, 11) is -3.30. The topological polar surface area (TPSA) is 49.7 Å². The summed E-state index contributed by atoms with van der Waals surface area (Å²) < 4.78 is 24.8. The highest BCUT2D eigenvalue weighted by molar-refractivity contribution is 8.16. The standard InChI is InChI=1S/C14H16N2O2S2/c1-14(2)10-16-11(8-19-13(16)15-14)9-20(17,18)12-6-4-3-5-7-12/h3-8H,9-10H2,1-2H3. The molecule has 0 amide bonds. The number of nitrogens with zero attached hydrogens (tertiary/aromatic N) is 2. The van der Waals surface area contributed by atoms with Crippen LogP contribution in [0.15, 0.2) is 51.3 Å². The number of benzene rings is 1. The van der Waals surface area contributed by atoms with E-state index in [4.69, 9.17) is 0 Å². The molecule has 0 N–H and O–H groups in total. The number of rotatable bonds is 3. The second kappa shape index (κ2) is 4.63. The first-order valence-corrected chi connectivity index (χ1v) is 8.91. The van der Waals surface area contributed by atoms with Crippen LogP contribution in [0.25, 0.3) is 0 Å². The average Bonchev–Trinajstić information content (AvgIpc) is 2.87. The highest BCUT2D eigenvalue weighted by Gasteiger charge is 2.37. The van der Waals surface area contributed by atoms with Gasteiger partial charge in [-0.15, -0.1) is 0 Å². The average molecular weight is 308 g/mol. The molecule has 0 bridgehead atoms. The van der Waals surface area contributed by atoms with Gasteiger partial charge in [-0.25, -0.2) is 8.42 Å². The zero-order chi connectivity index (χ0) is 14.4. The fraction of sp³-hybridized carbons (Fsp3) is 0.357. The highest BCUT2D eigenvalue weighted by Crippen LogP contribution is 2.36. The molecule has 0 saturated heterocycles. The van der Waals surface area contributed by atoms with E-state index in [9.17, 15) is 8.42 Å². The number of sulfone groups is 1. The Morgan fingerprint density at radius 2 is 2.00 bits per heavy atom. The second-order valence-corrected chi connectivity index (χ2v) is 8.42. The summed E-state index contributed by atoms with van der Waals surface area (Å²) in [4.78, 5) is 6.98. The summed E-state index contributed by atoms with van der Waals surface area (Å²) in [5, 5.41) is 2.81. The van der Waals surface area contributed by atoms with Gasteiger partial charge in [-0.1, -0.05) is 30.0 Å². The number of thioether (sulfide) groups is 1. The Morgan fingerprint density at radius 1 is 1.30 bits per heavy atom. The fourth-order valence-corrected chi connectivity index (χ4v) is 4.86. The molecule has 6 heteroatoms. The van der Waals surface area contributed by atoms with Crippen molar-refractivity contribution in [1.29, 1.82) is 0 Å². The first-order chi connectivity index (χ1) is 9.37. The molecule has 2 aliphatic heterocycles. The highest BCUT2D eigenvalue weighted by atomic mass is 32.2. The smallest absolute Gasteiger partial charge is 0.184 e. The fourth-order valence-electron chi connectivity index (χ4n) is 2.33. The van der Waals surface area contributed by atoms with Gasteiger partial charge in [-0.2, -0.15) is 0 Å². The van der Waals surface area contributed by atoms with Crippen molar-refractivity contribution in [3.63, 3.8) is 0 Å². The SMILES string of the molecule is CC1(C)CN2C(CS(=O)(=O)c3ccccc3)=CSC2=N1. The van der Waals surface area contributed by atoms with Crippen LogP contribution in [-0.2, 0) is 9.84 Å². The third-order valence-electron chi connectivity index (χ3n) is 3.26. The van der Waals surface area contributed by atoms with Crippen molar-refractivity contribution in [2.24, 2.45) is 4.99 Å². The van der Waals surface area contributed by atoms with Crippen LogP contribution in [-0.4, -0.2) is 36.3 Å². The predicted molar refractivity (Wildman–Crippen MR) is 82.4 cm³/mol. The van der Waals surface area contributed by atoms with Crippen LogP contribution in [0.1, 0.15) is 13.8 Å². The molecule has 0 aromatic heterocycles. The molecule has 2 heterocycles. The van der Waals surface area contributed by atoms with Gasteiger partial charge < -0.3 is 4.90 Å². The number of hydrogen-bond donors (Lipinski definition) is 0. The first kappa shape index (κ1) is 13.7. The van der Waals surface area contributed by atoms with Gasteiger partial charge in [0, 0.05) is 12.2 Å². The van der Waals surface area contributed by atoms with E-state index < -0.39 is 9.84 Å². The predicted octanol–water partition coefficient (Wildman–Crippen LogP) is 2.50. The minimum Gasteiger partial charge on any atom is -0.321 e. The molecule has 0 saturated carbocycles.